The van der Waals surface area contributed by atoms with Crippen LogP contribution < -0.4 is 0 Å². The van der Waals surface area contributed by atoms with Gasteiger partial charge in [0.05, 0.1) is 5.56 Å². The summed E-state index contributed by atoms with van der Waals surface area (Å²) in [5.74, 6) is -0.0562. The van der Waals surface area contributed by atoms with Gasteiger partial charge in [-0.3, -0.25) is 4.90 Å². The summed E-state index contributed by atoms with van der Waals surface area (Å²) in [6.07, 6.45) is -3.77. The number of likely N-dealkylation sites (tertiary alicyclic amines) is 1. The Morgan fingerprint density at radius 1 is 1.26 bits per heavy atom. The second kappa shape index (κ2) is 6.86. The maximum atomic E-state index is 13.2. The van der Waals surface area contributed by atoms with Crippen LogP contribution in [0.15, 0.2) is 28.8 Å². The van der Waals surface area contributed by atoms with Gasteiger partial charge in [0.1, 0.15) is 11.6 Å². The standard InChI is InChI=1S/C18H20F3N3O3/c1-17(2,3)26-16(25)24-10-6-9-13(24)15-22-14(23-27-15)11-7-4-5-8-12(11)18(19,20)21/h4-5,7-8,13H,6,9-10H2,1-3H3/t13-/m0/s1. The monoisotopic (exact) mass is 383 g/mol. The highest BCUT2D eigenvalue weighted by Crippen LogP contribution is 2.37. The van der Waals surface area contributed by atoms with E-state index >= 15 is 0 Å². The molecule has 2 heterocycles. The Kier molecular flexibility index (Phi) is 4.88. The zero-order chi connectivity index (χ0) is 19.8. The number of carbonyl (C=O) groups is 1. The van der Waals surface area contributed by atoms with E-state index in [0.717, 1.165) is 6.07 Å². The summed E-state index contributed by atoms with van der Waals surface area (Å²) in [6.45, 7) is 5.73. The molecule has 0 aliphatic carbocycles. The SMILES string of the molecule is CC(C)(C)OC(=O)N1CCC[C@H]1c1nc(-c2ccccc2C(F)(F)F)no1. The van der Waals surface area contributed by atoms with Crippen LogP contribution in [-0.4, -0.2) is 33.3 Å². The van der Waals surface area contributed by atoms with E-state index in [0.29, 0.717) is 19.4 Å². The van der Waals surface area contributed by atoms with Crippen molar-refractivity contribution in [3.63, 3.8) is 0 Å². The Hall–Kier alpha value is -2.58. The first-order valence-corrected chi connectivity index (χ1v) is 8.56. The number of ether oxygens (including phenoxy) is 1. The van der Waals surface area contributed by atoms with Crippen LogP contribution >= 0.6 is 0 Å². The van der Waals surface area contributed by atoms with E-state index in [1.807, 2.05) is 0 Å². The molecule has 6 nitrogen and oxygen atoms in total. The van der Waals surface area contributed by atoms with Crippen LogP contribution in [0.3, 0.4) is 0 Å². The topological polar surface area (TPSA) is 68.5 Å². The molecule has 1 saturated heterocycles. The number of nitrogens with zero attached hydrogens (tertiary/aromatic N) is 3. The summed E-state index contributed by atoms with van der Waals surface area (Å²) in [5.41, 5.74) is -1.66. The van der Waals surface area contributed by atoms with Crippen molar-refractivity contribution >= 4 is 6.09 Å². The van der Waals surface area contributed by atoms with Crippen molar-refractivity contribution in [1.82, 2.24) is 15.0 Å². The van der Waals surface area contributed by atoms with Gasteiger partial charge in [-0.25, -0.2) is 4.79 Å². The highest BCUT2D eigenvalue weighted by molar-refractivity contribution is 5.69. The maximum Gasteiger partial charge on any atom is 0.417 e. The lowest BCUT2D eigenvalue weighted by Gasteiger charge is -2.26. The van der Waals surface area contributed by atoms with Gasteiger partial charge >= 0.3 is 12.3 Å². The second-order valence-electron chi connectivity index (χ2n) is 7.33. The van der Waals surface area contributed by atoms with E-state index in [2.05, 4.69) is 10.1 Å². The van der Waals surface area contributed by atoms with Gasteiger partial charge in [0.2, 0.25) is 11.7 Å². The quantitative estimate of drug-likeness (QED) is 0.743. The molecule has 9 heteroatoms. The minimum Gasteiger partial charge on any atom is -0.444 e. The number of benzene rings is 1. The van der Waals surface area contributed by atoms with Crippen LogP contribution in [0.25, 0.3) is 11.4 Å². The van der Waals surface area contributed by atoms with Gasteiger partial charge in [0.15, 0.2) is 0 Å². The van der Waals surface area contributed by atoms with Gasteiger partial charge in [0.25, 0.3) is 0 Å². The number of aromatic nitrogens is 2. The largest absolute Gasteiger partial charge is 0.444 e. The summed E-state index contributed by atoms with van der Waals surface area (Å²) in [6, 6.07) is 4.52. The fourth-order valence-corrected chi connectivity index (χ4v) is 2.97. The zero-order valence-electron chi connectivity index (χ0n) is 15.2. The highest BCUT2D eigenvalue weighted by atomic mass is 19.4. The van der Waals surface area contributed by atoms with E-state index in [1.165, 1.54) is 23.1 Å². The molecule has 1 aromatic carbocycles. The molecule has 3 rings (SSSR count). The molecule has 1 aromatic heterocycles. The van der Waals surface area contributed by atoms with Gasteiger partial charge in [-0.05, 0) is 39.7 Å². The molecule has 27 heavy (non-hydrogen) atoms. The third kappa shape index (κ3) is 4.23. The second-order valence-corrected chi connectivity index (χ2v) is 7.33. The lowest BCUT2D eigenvalue weighted by Crippen LogP contribution is -2.36. The normalized spacial score (nSPS) is 18.0. The molecule has 0 spiro atoms. The van der Waals surface area contributed by atoms with Crippen LogP contribution in [-0.2, 0) is 10.9 Å². The number of halogens is 3. The van der Waals surface area contributed by atoms with Crippen molar-refractivity contribution in [2.24, 2.45) is 0 Å². The van der Waals surface area contributed by atoms with Crippen molar-refractivity contribution in [2.45, 2.75) is 51.4 Å². The molecule has 1 aliphatic heterocycles. The molecule has 1 amide bonds. The summed E-state index contributed by atoms with van der Waals surface area (Å²) in [4.78, 5) is 18.0. The van der Waals surface area contributed by atoms with Crippen LogP contribution in [0.4, 0.5) is 18.0 Å². The lowest BCUT2D eigenvalue weighted by molar-refractivity contribution is -0.137. The van der Waals surface area contributed by atoms with Crippen LogP contribution in [0.2, 0.25) is 0 Å². The van der Waals surface area contributed by atoms with E-state index in [9.17, 15) is 18.0 Å². The lowest BCUT2D eigenvalue weighted by atomic mass is 10.1. The number of alkyl halides is 3. The molecular formula is C18H20F3N3O3. The summed E-state index contributed by atoms with van der Waals surface area (Å²) in [7, 11) is 0. The van der Waals surface area contributed by atoms with Crippen molar-refractivity contribution in [3.05, 3.63) is 35.7 Å². The minimum absolute atomic E-state index is 0.102. The van der Waals surface area contributed by atoms with Crippen LogP contribution in [0.1, 0.15) is 51.1 Å². The fraction of sp³-hybridized carbons (Fsp3) is 0.500. The molecule has 0 unspecified atom stereocenters. The van der Waals surface area contributed by atoms with Crippen molar-refractivity contribution in [1.29, 1.82) is 0 Å². The van der Waals surface area contributed by atoms with Crippen molar-refractivity contribution in [3.8, 4) is 11.4 Å². The fourth-order valence-electron chi connectivity index (χ4n) is 2.97. The summed E-state index contributed by atoms with van der Waals surface area (Å²) < 4.78 is 50.2. The molecule has 0 bridgehead atoms. The van der Waals surface area contributed by atoms with Crippen LogP contribution in [0, 0.1) is 0 Å². The summed E-state index contributed by atoms with van der Waals surface area (Å²) in [5, 5.41) is 3.71. The van der Waals surface area contributed by atoms with Gasteiger partial charge in [0, 0.05) is 12.1 Å². The highest BCUT2D eigenvalue weighted by Gasteiger charge is 2.38. The molecule has 1 fully saturated rings. The Morgan fingerprint density at radius 2 is 1.96 bits per heavy atom. The molecule has 0 N–H and O–H groups in total. The predicted octanol–water partition coefficient (Wildman–Crippen LogP) is 4.83. The van der Waals surface area contributed by atoms with Gasteiger partial charge in [-0.2, -0.15) is 18.2 Å². The number of hydrogen-bond acceptors (Lipinski definition) is 5. The molecule has 1 aliphatic rings. The number of carbonyl (C=O) groups excluding carboxylic acids is 1. The molecular weight excluding hydrogens is 363 g/mol. The van der Waals surface area contributed by atoms with Crippen molar-refractivity contribution < 1.29 is 27.2 Å². The minimum atomic E-state index is -4.53. The van der Waals surface area contributed by atoms with Gasteiger partial charge < -0.3 is 9.26 Å². The Morgan fingerprint density at radius 3 is 2.63 bits per heavy atom. The Balaban J connectivity index is 1.87. The van der Waals surface area contributed by atoms with E-state index in [-0.39, 0.29) is 17.3 Å². The molecule has 1 atom stereocenters. The number of rotatable bonds is 2. The third-order valence-electron chi connectivity index (χ3n) is 4.08. The predicted molar refractivity (Wildman–Crippen MR) is 89.7 cm³/mol. The summed E-state index contributed by atoms with van der Waals surface area (Å²) >= 11 is 0. The van der Waals surface area contributed by atoms with Gasteiger partial charge in [-0.15, -0.1) is 0 Å². The zero-order valence-corrected chi connectivity index (χ0v) is 15.2. The average molecular weight is 383 g/mol. The Bertz CT molecular complexity index is 827. The van der Waals surface area contributed by atoms with E-state index < -0.39 is 29.5 Å². The van der Waals surface area contributed by atoms with Crippen molar-refractivity contribution in [2.75, 3.05) is 6.54 Å². The first kappa shape index (κ1) is 19.2. The maximum absolute atomic E-state index is 13.2. The molecule has 2 aromatic rings. The Labute approximate surface area is 154 Å². The first-order valence-electron chi connectivity index (χ1n) is 8.56. The average Bonchev–Trinajstić information content (AvgIpc) is 3.21. The van der Waals surface area contributed by atoms with Gasteiger partial charge in [-0.1, -0.05) is 23.4 Å². The first-order chi connectivity index (χ1) is 12.6. The smallest absolute Gasteiger partial charge is 0.417 e. The van der Waals surface area contributed by atoms with E-state index in [4.69, 9.17) is 9.26 Å². The molecule has 146 valence electrons. The van der Waals surface area contributed by atoms with E-state index in [1.54, 1.807) is 20.8 Å². The third-order valence-corrected chi connectivity index (χ3v) is 4.08. The number of hydrogen-bond donors (Lipinski definition) is 0. The molecule has 0 radical (unpaired) electrons. The number of amides is 1. The molecule has 0 saturated carbocycles. The van der Waals surface area contributed by atoms with Crippen LogP contribution in [0.5, 0.6) is 0 Å².